The molecule has 6 heteroatoms. The highest BCUT2D eigenvalue weighted by atomic mass is 32.2. The summed E-state index contributed by atoms with van der Waals surface area (Å²) in [7, 11) is -2.27. The molecule has 22 heavy (non-hydrogen) atoms. The number of halogens is 2. The Morgan fingerprint density at radius 3 is 2.23 bits per heavy atom. The fourth-order valence-corrected chi connectivity index (χ4v) is 3.28. The van der Waals surface area contributed by atoms with E-state index in [0.29, 0.717) is 5.56 Å². The van der Waals surface area contributed by atoms with Crippen molar-refractivity contribution in [3.8, 4) is 0 Å². The fourth-order valence-electron chi connectivity index (χ4n) is 2.03. The van der Waals surface area contributed by atoms with Gasteiger partial charge in [-0.05, 0) is 54.8 Å². The van der Waals surface area contributed by atoms with Crippen molar-refractivity contribution in [2.75, 3.05) is 7.05 Å². The van der Waals surface area contributed by atoms with Crippen LogP contribution in [0, 0.1) is 25.5 Å². The lowest BCUT2D eigenvalue weighted by atomic mass is 10.1. The van der Waals surface area contributed by atoms with E-state index >= 15 is 0 Å². The maximum atomic E-state index is 13.2. The summed E-state index contributed by atoms with van der Waals surface area (Å²) < 4.78 is 52.2. The van der Waals surface area contributed by atoms with Crippen molar-refractivity contribution in [3.05, 3.63) is 64.7 Å². The Balaban J connectivity index is 2.28. The molecule has 0 saturated heterocycles. The highest BCUT2D eigenvalue weighted by molar-refractivity contribution is 7.89. The van der Waals surface area contributed by atoms with Crippen LogP contribution in [0.15, 0.2) is 41.3 Å². The van der Waals surface area contributed by atoms with Crippen molar-refractivity contribution in [2.45, 2.75) is 25.3 Å². The largest absolute Gasteiger partial charge is 0.243 e. The molecule has 2 aromatic rings. The predicted octanol–water partition coefficient (Wildman–Crippen LogP) is 3.40. The number of hydrogen-bond donors (Lipinski definition) is 0. The van der Waals surface area contributed by atoms with Gasteiger partial charge in [-0.25, -0.2) is 17.2 Å². The standard InChI is InChI=1S/C16H17F2NO2S/c1-11-4-6-14(8-12(11)2)22(20,21)19(3)10-13-5-7-15(17)16(18)9-13/h4-9H,10H2,1-3H3. The Kier molecular flexibility index (Phi) is 4.63. The van der Waals surface area contributed by atoms with Crippen molar-refractivity contribution < 1.29 is 17.2 Å². The average molecular weight is 325 g/mol. The SMILES string of the molecule is Cc1ccc(S(=O)(=O)N(C)Cc2ccc(F)c(F)c2)cc1C. The molecule has 0 saturated carbocycles. The summed E-state index contributed by atoms with van der Waals surface area (Å²) in [4.78, 5) is 0.181. The van der Waals surface area contributed by atoms with Crippen LogP contribution in [0.25, 0.3) is 0 Å². The lowest BCUT2D eigenvalue weighted by Gasteiger charge is -2.18. The summed E-state index contributed by atoms with van der Waals surface area (Å²) in [5.41, 5.74) is 2.26. The van der Waals surface area contributed by atoms with Crippen molar-refractivity contribution in [3.63, 3.8) is 0 Å². The Labute approximate surface area is 129 Å². The van der Waals surface area contributed by atoms with E-state index < -0.39 is 21.7 Å². The van der Waals surface area contributed by atoms with E-state index in [1.807, 2.05) is 13.8 Å². The molecule has 3 nitrogen and oxygen atoms in total. The summed E-state index contributed by atoms with van der Waals surface area (Å²) in [6.07, 6.45) is 0. The van der Waals surface area contributed by atoms with Gasteiger partial charge in [0.05, 0.1) is 4.90 Å². The second-order valence-electron chi connectivity index (χ2n) is 5.26. The zero-order valence-corrected chi connectivity index (χ0v) is 13.4. The molecular formula is C16H17F2NO2S. The Morgan fingerprint density at radius 1 is 0.955 bits per heavy atom. The quantitative estimate of drug-likeness (QED) is 0.864. The molecule has 0 bridgehead atoms. The maximum Gasteiger partial charge on any atom is 0.243 e. The van der Waals surface area contributed by atoms with Crippen LogP contribution in [0.4, 0.5) is 8.78 Å². The molecule has 0 atom stereocenters. The van der Waals surface area contributed by atoms with Crippen molar-refractivity contribution >= 4 is 10.0 Å². The van der Waals surface area contributed by atoms with Gasteiger partial charge >= 0.3 is 0 Å². The van der Waals surface area contributed by atoms with Crippen LogP contribution in [0.5, 0.6) is 0 Å². The van der Waals surface area contributed by atoms with E-state index in [9.17, 15) is 17.2 Å². The van der Waals surface area contributed by atoms with E-state index in [1.165, 1.54) is 13.1 Å². The number of sulfonamides is 1. The van der Waals surface area contributed by atoms with Gasteiger partial charge in [0.1, 0.15) is 0 Å². The third kappa shape index (κ3) is 3.34. The molecule has 0 amide bonds. The summed E-state index contributed by atoms with van der Waals surface area (Å²) in [5, 5.41) is 0. The lowest BCUT2D eigenvalue weighted by molar-refractivity contribution is 0.461. The van der Waals surface area contributed by atoms with Crippen molar-refractivity contribution in [1.29, 1.82) is 0 Å². The summed E-state index contributed by atoms with van der Waals surface area (Å²) in [6, 6.07) is 8.24. The molecule has 0 spiro atoms. The van der Waals surface area contributed by atoms with Gasteiger partial charge in [0.15, 0.2) is 11.6 Å². The van der Waals surface area contributed by atoms with Crippen LogP contribution in [-0.4, -0.2) is 19.8 Å². The molecule has 0 aliphatic heterocycles. The van der Waals surface area contributed by atoms with Crippen LogP contribution >= 0.6 is 0 Å². The molecule has 0 aliphatic rings. The Hall–Kier alpha value is -1.79. The molecule has 0 N–H and O–H groups in total. The minimum absolute atomic E-state index is 0.0353. The molecule has 0 unspecified atom stereocenters. The van der Waals surface area contributed by atoms with Crippen LogP contribution in [0.3, 0.4) is 0 Å². The Morgan fingerprint density at radius 2 is 1.64 bits per heavy atom. The Bertz CT molecular complexity index is 804. The number of rotatable bonds is 4. The number of benzene rings is 2. The number of hydrogen-bond acceptors (Lipinski definition) is 2. The van der Waals surface area contributed by atoms with E-state index in [1.54, 1.807) is 18.2 Å². The van der Waals surface area contributed by atoms with Crippen LogP contribution in [0.2, 0.25) is 0 Å². The van der Waals surface area contributed by atoms with E-state index in [2.05, 4.69) is 0 Å². The molecule has 0 fully saturated rings. The molecule has 0 heterocycles. The van der Waals surface area contributed by atoms with Gasteiger partial charge in [0.2, 0.25) is 10.0 Å². The monoisotopic (exact) mass is 325 g/mol. The van der Waals surface area contributed by atoms with E-state index in [-0.39, 0.29) is 11.4 Å². The first-order chi connectivity index (χ1) is 10.2. The third-order valence-electron chi connectivity index (χ3n) is 3.58. The van der Waals surface area contributed by atoms with Gasteiger partial charge in [-0.3, -0.25) is 0 Å². The average Bonchev–Trinajstić information content (AvgIpc) is 2.45. The van der Waals surface area contributed by atoms with Gasteiger partial charge in [0.25, 0.3) is 0 Å². The summed E-state index contributed by atoms with van der Waals surface area (Å²) in [5.74, 6) is -1.95. The summed E-state index contributed by atoms with van der Waals surface area (Å²) >= 11 is 0. The zero-order chi connectivity index (χ0) is 16.5. The molecular weight excluding hydrogens is 308 g/mol. The van der Waals surface area contributed by atoms with E-state index in [0.717, 1.165) is 27.6 Å². The van der Waals surface area contributed by atoms with Gasteiger partial charge in [-0.15, -0.1) is 0 Å². The molecule has 0 radical (unpaired) electrons. The van der Waals surface area contributed by atoms with Crippen molar-refractivity contribution in [1.82, 2.24) is 4.31 Å². The van der Waals surface area contributed by atoms with Gasteiger partial charge in [-0.2, -0.15) is 4.31 Å². The third-order valence-corrected chi connectivity index (χ3v) is 5.38. The fraction of sp³-hybridized carbons (Fsp3) is 0.250. The smallest absolute Gasteiger partial charge is 0.207 e. The normalized spacial score (nSPS) is 11.9. The highest BCUT2D eigenvalue weighted by Gasteiger charge is 2.21. The highest BCUT2D eigenvalue weighted by Crippen LogP contribution is 2.20. The van der Waals surface area contributed by atoms with E-state index in [4.69, 9.17) is 0 Å². The van der Waals surface area contributed by atoms with Gasteiger partial charge in [-0.1, -0.05) is 12.1 Å². The van der Waals surface area contributed by atoms with Crippen LogP contribution < -0.4 is 0 Å². The lowest BCUT2D eigenvalue weighted by Crippen LogP contribution is -2.26. The molecule has 2 rings (SSSR count). The van der Waals surface area contributed by atoms with Gasteiger partial charge in [0, 0.05) is 13.6 Å². The number of nitrogens with zero attached hydrogens (tertiary/aromatic N) is 1. The van der Waals surface area contributed by atoms with Crippen LogP contribution in [0.1, 0.15) is 16.7 Å². The minimum atomic E-state index is -3.68. The summed E-state index contributed by atoms with van der Waals surface area (Å²) in [6.45, 7) is 3.70. The second kappa shape index (κ2) is 6.14. The first kappa shape index (κ1) is 16.6. The molecule has 0 aliphatic carbocycles. The minimum Gasteiger partial charge on any atom is -0.207 e. The first-order valence-electron chi connectivity index (χ1n) is 6.69. The molecule has 0 aromatic heterocycles. The number of aryl methyl sites for hydroxylation is 2. The molecule has 118 valence electrons. The zero-order valence-electron chi connectivity index (χ0n) is 12.6. The topological polar surface area (TPSA) is 37.4 Å². The predicted molar refractivity (Wildman–Crippen MR) is 80.9 cm³/mol. The van der Waals surface area contributed by atoms with Gasteiger partial charge < -0.3 is 0 Å². The maximum absolute atomic E-state index is 13.2. The first-order valence-corrected chi connectivity index (χ1v) is 8.13. The molecule has 2 aromatic carbocycles. The second-order valence-corrected chi connectivity index (χ2v) is 7.30. The van der Waals surface area contributed by atoms with Crippen molar-refractivity contribution in [2.24, 2.45) is 0 Å². The van der Waals surface area contributed by atoms with Crippen LogP contribution in [-0.2, 0) is 16.6 Å².